The molecule has 1 atom stereocenters. The molecule has 1 amide bonds. The van der Waals surface area contributed by atoms with E-state index in [1.807, 2.05) is 85.8 Å². The van der Waals surface area contributed by atoms with E-state index in [9.17, 15) is 9.59 Å². The number of carbonyl (C=O) groups excluding carboxylic acids is 1. The Morgan fingerprint density at radius 3 is 2.27 bits per heavy atom. The number of aromatic nitrogens is 2. The van der Waals surface area contributed by atoms with Gasteiger partial charge < -0.3 is 14.4 Å². The van der Waals surface area contributed by atoms with Gasteiger partial charge in [0.05, 0.1) is 36.7 Å². The standard InChI is InChI=1S/C30H33N3O4/c1-3-27(32(18-19-36-2)28(34)22-37-21-24-14-8-5-9-15-24)29-31-26-17-11-10-16-25(26)30(35)33(29)20-23-12-6-4-7-13-23/h4-17,27H,3,18-22H2,1-2H3. The number of fused-ring (bicyclic) bond motifs is 1. The van der Waals surface area contributed by atoms with Gasteiger partial charge in [-0.1, -0.05) is 79.7 Å². The highest BCUT2D eigenvalue weighted by molar-refractivity contribution is 5.79. The second kappa shape index (κ2) is 12.9. The van der Waals surface area contributed by atoms with Crippen LogP contribution in [0.15, 0.2) is 89.7 Å². The van der Waals surface area contributed by atoms with Crippen molar-refractivity contribution < 1.29 is 14.3 Å². The van der Waals surface area contributed by atoms with E-state index in [0.717, 1.165) is 11.1 Å². The zero-order valence-electron chi connectivity index (χ0n) is 21.4. The zero-order chi connectivity index (χ0) is 26.0. The molecule has 192 valence electrons. The third-order valence-corrected chi connectivity index (χ3v) is 6.33. The number of rotatable bonds is 12. The summed E-state index contributed by atoms with van der Waals surface area (Å²) in [5, 5.41) is 0.554. The second-order valence-electron chi connectivity index (χ2n) is 8.85. The Bertz CT molecular complexity index is 1360. The van der Waals surface area contributed by atoms with Gasteiger partial charge in [-0.25, -0.2) is 4.98 Å². The minimum atomic E-state index is -0.427. The van der Waals surface area contributed by atoms with Crippen molar-refractivity contribution in [2.24, 2.45) is 0 Å². The Kier molecular flexibility index (Phi) is 9.18. The van der Waals surface area contributed by atoms with Gasteiger partial charge in [0.2, 0.25) is 5.91 Å². The summed E-state index contributed by atoms with van der Waals surface area (Å²) in [4.78, 5) is 33.8. The largest absolute Gasteiger partial charge is 0.383 e. The van der Waals surface area contributed by atoms with Gasteiger partial charge in [-0.3, -0.25) is 14.2 Å². The maximum Gasteiger partial charge on any atom is 0.261 e. The molecule has 1 heterocycles. The van der Waals surface area contributed by atoms with Crippen LogP contribution < -0.4 is 5.56 Å². The first kappa shape index (κ1) is 26.3. The molecule has 0 aliphatic carbocycles. The molecular formula is C30H33N3O4. The van der Waals surface area contributed by atoms with Crippen LogP contribution in [-0.4, -0.2) is 47.2 Å². The maximum atomic E-state index is 13.7. The van der Waals surface area contributed by atoms with Crippen LogP contribution >= 0.6 is 0 Å². The molecule has 0 radical (unpaired) electrons. The lowest BCUT2D eigenvalue weighted by Gasteiger charge is -2.32. The summed E-state index contributed by atoms with van der Waals surface area (Å²) >= 11 is 0. The second-order valence-corrected chi connectivity index (χ2v) is 8.85. The van der Waals surface area contributed by atoms with E-state index in [2.05, 4.69) is 0 Å². The van der Waals surface area contributed by atoms with Crippen molar-refractivity contribution in [1.29, 1.82) is 0 Å². The Morgan fingerprint density at radius 1 is 0.946 bits per heavy atom. The molecule has 3 aromatic carbocycles. The van der Waals surface area contributed by atoms with Gasteiger partial charge in [0.25, 0.3) is 5.56 Å². The number of hydrogen-bond donors (Lipinski definition) is 0. The third-order valence-electron chi connectivity index (χ3n) is 6.33. The van der Waals surface area contributed by atoms with Crippen LogP contribution in [0, 0.1) is 0 Å². The minimum absolute atomic E-state index is 0.0778. The summed E-state index contributed by atoms with van der Waals surface area (Å²) in [5.41, 5.74) is 2.48. The molecular weight excluding hydrogens is 466 g/mol. The maximum absolute atomic E-state index is 13.7. The Labute approximate surface area is 217 Å². The fourth-order valence-corrected chi connectivity index (χ4v) is 4.46. The molecule has 1 unspecified atom stereocenters. The van der Waals surface area contributed by atoms with Crippen molar-refractivity contribution >= 4 is 16.8 Å². The Morgan fingerprint density at radius 2 is 1.59 bits per heavy atom. The molecule has 4 aromatic rings. The van der Waals surface area contributed by atoms with Crippen LogP contribution in [0.2, 0.25) is 0 Å². The molecule has 7 nitrogen and oxygen atoms in total. The SMILES string of the molecule is CCC(c1nc2ccccc2c(=O)n1Cc1ccccc1)N(CCOC)C(=O)COCc1ccccc1. The number of benzene rings is 3. The zero-order valence-corrected chi connectivity index (χ0v) is 21.4. The molecule has 0 N–H and O–H groups in total. The molecule has 4 rings (SSSR count). The summed E-state index contributed by atoms with van der Waals surface area (Å²) in [5.74, 6) is 0.385. The number of amides is 1. The summed E-state index contributed by atoms with van der Waals surface area (Å²) in [6.45, 7) is 3.34. The third kappa shape index (κ3) is 6.50. The topological polar surface area (TPSA) is 73.7 Å². The number of methoxy groups -OCH3 is 1. The van der Waals surface area contributed by atoms with Gasteiger partial charge >= 0.3 is 0 Å². The average molecular weight is 500 g/mol. The molecule has 0 aliphatic heterocycles. The first-order valence-electron chi connectivity index (χ1n) is 12.6. The summed E-state index contributed by atoms with van der Waals surface area (Å²) < 4.78 is 12.8. The highest BCUT2D eigenvalue weighted by Crippen LogP contribution is 2.25. The lowest BCUT2D eigenvalue weighted by atomic mass is 10.1. The van der Waals surface area contributed by atoms with Crippen LogP contribution in [0.3, 0.4) is 0 Å². The van der Waals surface area contributed by atoms with E-state index in [1.54, 1.807) is 22.6 Å². The average Bonchev–Trinajstić information content (AvgIpc) is 2.94. The number of para-hydroxylation sites is 1. The number of ether oxygens (including phenoxy) is 2. The van der Waals surface area contributed by atoms with Gasteiger partial charge in [-0.15, -0.1) is 0 Å². The van der Waals surface area contributed by atoms with Gasteiger partial charge in [0.15, 0.2) is 0 Å². The van der Waals surface area contributed by atoms with Crippen LogP contribution in [0.1, 0.15) is 36.3 Å². The lowest BCUT2D eigenvalue weighted by Crippen LogP contribution is -2.42. The Balaban J connectivity index is 1.69. The molecule has 0 fully saturated rings. The van der Waals surface area contributed by atoms with Crippen molar-refractivity contribution in [3.63, 3.8) is 0 Å². The molecule has 0 saturated heterocycles. The van der Waals surface area contributed by atoms with Crippen molar-refractivity contribution in [1.82, 2.24) is 14.5 Å². The highest BCUT2D eigenvalue weighted by atomic mass is 16.5. The normalized spacial score (nSPS) is 11.9. The highest BCUT2D eigenvalue weighted by Gasteiger charge is 2.28. The van der Waals surface area contributed by atoms with Crippen LogP contribution in [0.4, 0.5) is 0 Å². The molecule has 0 spiro atoms. The van der Waals surface area contributed by atoms with Gasteiger partial charge in [-0.2, -0.15) is 0 Å². The number of carbonyl (C=O) groups is 1. The quantitative estimate of drug-likeness (QED) is 0.285. The molecule has 1 aromatic heterocycles. The summed E-state index contributed by atoms with van der Waals surface area (Å²) in [7, 11) is 1.61. The monoisotopic (exact) mass is 499 g/mol. The fraction of sp³-hybridized carbons (Fsp3) is 0.300. The van der Waals surface area contributed by atoms with Crippen LogP contribution in [0.5, 0.6) is 0 Å². The lowest BCUT2D eigenvalue weighted by molar-refractivity contribution is -0.140. The van der Waals surface area contributed by atoms with E-state index in [1.165, 1.54) is 0 Å². The predicted molar refractivity (Wildman–Crippen MR) is 144 cm³/mol. The predicted octanol–water partition coefficient (Wildman–Crippen LogP) is 4.59. The number of nitrogens with zero attached hydrogens (tertiary/aromatic N) is 3. The van der Waals surface area contributed by atoms with E-state index in [-0.39, 0.29) is 18.1 Å². The Hall–Kier alpha value is -3.81. The van der Waals surface area contributed by atoms with Gasteiger partial charge in [0.1, 0.15) is 12.4 Å². The van der Waals surface area contributed by atoms with E-state index in [4.69, 9.17) is 14.5 Å². The van der Waals surface area contributed by atoms with Crippen LogP contribution in [0.25, 0.3) is 10.9 Å². The molecule has 0 saturated carbocycles. The van der Waals surface area contributed by atoms with E-state index < -0.39 is 6.04 Å². The van der Waals surface area contributed by atoms with Crippen molar-refractivity contribution in [3.05, 3.63) is 112 Å². The summed E-state index contributed by atoms with van der Waals surface area (Å²) in [6, 6.07) is 26.5. The van der Waals surface area contributed by atoms with Crippen molar-refractivity contribution in [2.75, 3.05) is 26.9 Å². The van der Waals surface area contributed by atoms with E-state index in [0.29, 0.717) is 49.5 Å². The smallest absolute Gasteiger partial charge is 0.261 e. The first-order chi connectivity index (χ1) is 18.1. The van der Waals surface area contributed by atoms with Gasteiger partial charge in [-0.05, 0) is 29.7 Å². The minimum Gasteiger partial charge on any atom is -0.383 e. The van der Waals surface area contributed by atoms with Crippen LogP contribution in [-0.2, 0) is 27.4 Å². The molecule has 37 heavy (non-hydrogen) atoms. The summed E-state index contributed by atoms with van der Waals surface area (Å²) in [6.07, 6.45) is 0.577. The number of hydrogen-bond acceptors (Lipinski definition) is 5. The molecule has 0 aliphatic rings. The van der Waals surface area contributed by atoms with Crippen molar-refractivity contribution in [3.8, 4) is 0 Å². The van der Waals surface area contributed by atoms with E-state index >= 15 is 0 Å². The van der Waals surface area contributed by atoms with Gasteiger partial charge in [0, 0.05) is 13.7 Å². The molecule has 0 bridgehead atoms. The first-order valence-corrected chi connectivity index (χ1v) is 12.6. The molecule has 7 heteroatoms. The van der Waals surface area contributed by atoms with Crippen molar-refractivity contribution in [2.45, 2.75) is 32.5 Å². The fourth-order valence-electron chi connectivity index (χ4n) is 4.46.